The van der Waals surface area contributed by atoms with Gasteiger partial charge in [-0.15, -0.1) is 0 Å². The van der Waals surface area contributed by atoms with Gasteiger partial charge in [-0.2, -0.15) is 5.26 Å². The van der Waals surface area contributed by atoms with Gasteiger partial charge in [0.1, 0.15) is 17.4 Å². The molecular formula is C13H10N2O2. The molecule has 4 nitrogen and oxygen atoms in total. The summed E-state index contributed by atoms with van der Waals surface area (Å²) in [6.45, 7) is 0. The first-order valence-electron chi connectivity index (χ1n) is 5.02. The van der Waals surface area contributed by atoms with Crippen molar-refractivity contribution >= 4 is 0 Å². The molecule has 0 aliphatic heterocycles. The number of rotatable bonds is 1. The fourth-order valence-corrected chi connectivity index (χ4v) is 1.65. The predicted octanol–water partition coefficient (Wildman–Crippen LogP) is 1.63. The van der Waals surface area contributed by atoms with Crippen LogP contribution in [0.5, 0.6) is 5.75 Å². The molecule has 84 valence electrons. The Morgan fingerprint density at radius 2 is 2.12 bits per heavy atom. The van der Waals surface area contributed by atoms with Gasteiger partial charge in [-0.25, -0.2) is 0 Å². The van der Waals surface area contributed by atoms with E-state index < -0.39 is 0 Å². The Labute approximate surface area is 98.0 Å². The van der Waals surface area contributed by atoms with Crippen LogP contribution in [0.1, 0.15) is 5.56 Å². The monoisotopic (exact) mass is 226 g/mol. The lowest BCUT2D eigenvalue weighted by atomic mass is 10.0. The summed E-state index contributed by atoms with van der Waals surface area (Å²) >= 11 is 0. The van der Waals surface area contributed by atoms with E-state index in [1.807, 2.05) is 6.07 Å². The Morgan fingerprint density at radius 1 is 1.35 bits per heavy atom. The van der Waals surface area contributed by atoms with Gasteiger partial charge < -0.3 is 9.67 Å². The van der Waals surface area contributed by atoms with Crippen molar-refractivity contribution in [1.82, 2.24) is 4.57 Å². The fraction of sp³-hybridized carbons (Fsp3) is 0.0769. The zero-order valence-electron chi connectivity index (χ0n) is 9.21. The van der Waals surface area contributed by atoms with Crippen LogP contribution >= 0.6 is 0 Å². The Morgan fingerprint density at radius 3 is 2.76 bits per heavy atom. The molecule has 0 amide bonds. The van der Waals surface area contributed by atoms with Crippen LogP contribution in [0.3, 0.4) is 0 Å². The van der Waals surface area contributed by atoms with Crippen molar-refractivity contribution in [3.05, 3.63) is 52.4 Å². The fourth-order valence-electron chi connectivity index (χ4n) is 1.65. The Kier molecular flexibility index (Phi) is 2.67. The third-order valence-corrected chi connectivity index (χ3v) is 2.54. The van der Waals surface area contributed by atoms with E-state index in [0.717, 1.165) is 0 Å². The highest BCUT2D eigenvalue weighted by atomic mass is 16.3. The maximum atomic E-state index is 11.8. The van der Waals surface area contributed by atoms with Crippen molar-refractivity contribution in [2.75, 3.05) is 0 Å². The third kappa shape index (κ3) is 1.91. The van der Waals surface area contributed by atoms with Gasteiger partial charge in [0.05, 0.1) is 0 Å². The second kappa shape index (κ2) is 4.14. The van der Waals surface area contributed by atoms with Gasteiger partial charge in [-0.3, -0.25) is 4.79 Å². The quantitative estimate of drug-likeness (QED) is 0.803. The number of benzene rings is 1. The van der Waals surface area contributed by atoms with Gasteiger partial charge in [0.15, 0.2) is 0 Å². The molecule has 0 aliphatic carbocycles. The molecule has 1 aromatic heterocycles. The van der Waals surface area contributed by atoms with Crippen molar-refractivity contribution in [1.29, 1.82) is 5.26 Å². The molecule has 0 atom stereocenters. The minimum Gasteiger partial charge on any atom is -0.508 e. The Balaban J connectivity index is 2.74. The molecule has 0 fully saturated rings. The molecule has 2 rings (SSSR count). The zero-order chi connectivity index (χ0) is 12.4. The molecule has 1 heterocycles. The second-order valence-electron chi connectivity index (χ2n) is 3.68. The van der Waals surface area contributed by atoms with Crippen LogP contribution in [-0.2, 0) is 7.05 Å². The predicted molar refractivity (Wildman–Crippen MR) is 63.5 cm³/mol. The zero-order valence-corrected chi connectivity index (χ0v) is 9.21. The van der Waals surface area contributed by atoms with Crippen LogP contribution in [0.25, 0.3) is 11.1 Å². The highest BCUT2D eigenvalue weighted by molar-refractivity contribution is 5.70. The summed E-state index contributed by atoms with van der Waals surface area (Å²) < 4.78 is 1.35. The molecule has 17 heavy (non-hydrogen) atoms. The summed E-state index contributed by atoms with van der Waals surface area (Å²) in [5.41, 5.74) is 0.930. The Hall–Kier alpha value is -2.54. The minimum atomic E-state index is -0.339. The summed E-state index contributed by atoms with van der Waals surface area (Å²) in [7, 11) is 1.59. The van der Waals surface area contributed by atoms with Crippen molar-refractivity contribution < 1.29 is 5.11 Å². The van der Waals surface area contributed by atoms with E-state index in [0.29, 0.717) is 11.1 Å². The first-order chi connectivity index (χ1) is 8.13. The second-order valence-corrected chi connectivity index (χ2v) is 3.68. The summed E-state index contributed by atoms with van der Waals surface area (Å²) in [5, 5.41) is 18.4. The van der Waals surface area contributed by atoms with E-state index in [1.165, 1.54) is 16.7 Å². The molecule has 1 N–H and O–H groups in total. The van der Waals surface area contributed by atoms with Gasteiger partial charge in [0.25, 0.3) is 5.56 Å². The SMILES string of the molecule is Cn1ccc(-c2cccc(O)c2)c(C#N)c1=O. The molecule has 0 unspecified atom stereocenters. The lowest BCUT2D eigenvalue weighted by Crippen LogP contribution is -2.19. The molecule has 1 aromatic carbocycles. The highest BCUT2D eigenvalue weighted by Gasteiger charge is 2.10. The number of hydrogen-bond donors (Lipinski definition) is 1. The average molecular weight is 226 g/mol. The molecule has 4 heteroatoms. The van der Waals surface area contributed by atoms with Crippen molar-refractivity contribution in [2.45, 2.75) is 0 Å². The Bertz CT molecular complexity index is 666. The standard InChI is InChI=1S/C13H10N2O2/c1-15-6-5-11(12(8-14)13(15)17)9-3-2-4-10(16)7-9/h2-7,16H,1H3. The van der Waals surface area contributed by atoms with Crippen molar-refractivity contribution in [2.24, 2.45) is 7.05 Å². The lowest BCUT2D eigenvalue weighted by Gasteiger charge is -2.06. The number of phenolic OH excluding ortho intramolecular Hbond substituents is 1. The van der Waals surface area contributed by atoms with Gasteiger partial charge in [-0.1, -0.05) is 12.1 Å². The van der Waals surface area contributed by atoms with Crippen LogP contribution in [0.4, 0.5) is 0 Å². The molecular weight excluding hydrogens is 216 g/mol. The van der Waals surface area contributed by atoms with Gasteiger partial charge in [0.2, 0.25) is 0 Å². The number of nitriles is 1. The molecule has 0 spiro atoms. The summed E-state index contributed by atoms with van der Waals surface area (Å²) in [4.78, 5) is 11.8. The molecule has 0 saturated carbocycles. The van der Waals surface area contributed by atoms with E-state index in [9.17, 15) is 9.90 Å². The van der Waals surface area contributed by atoms with E-state index in [2.05, 4.69) is 0 Å². The summed E-state index contributed by atoms with van der Waals surface area (Å²) in [6, 6.07) is 10.1. The number of phenols is 1. The van der Waals surface area contributed by atoms with Crippen LogP contribution < -0.4 is 5.56 Å². The van der Waals surface area contributed by atoms with Crippen LogP contribution in [0.2, 0.25) is 0 Å². The van der Waals surface area contributed by atoms with E-state index in [1.54, 1.807) is 31.4 Å². The van der Waals surface area contributed by atoms with Gasteiger partial charge >= 0.3 is 0 Å². The first-order valence-corrected chi connectivity index (χ1v) is 5.02. The van der Waals surface area contributed by atoms with E-state index in [-0.39, 0.29) is 16.9 Å². The van der Waals surface area contributed by atoms with Crippen LogP contribution in [0.15, 0.2) is 41.3 Å². The number of hydrogen-bond acceptors (Lipinski definition) is 3. The highest BCUT2D eigenvalue weighted by Crippen LogP contribution is 2.24. The van der Waals surface area contributed by atoms with Crippen LogP contribution in [0, 0.1) is 11.3 Å². The number of pyridine rings is 1. The van der Waals surface area contributed by atoms with Gasteiger partial charge in [-0.05, 0) is 23.8 Å². The molecule has 0 saturated heterocycles. The smallest absolute Gasteiger partial charge is 0.268 e. The third-order valence-electron chi connectivity index (χ3n) is 2.54. The minimum absolute atomic E-state index is 0.0839. The van der Waals surface area contributed by atoms with Gasteiger partial charge in [0, 0.05) is 18.8 Å². The normalized spacial score (nSPS) is 9.88. The molecule has 0 radical (unpaired) electrons. The molecule has 2 aromatic rings. The van der Waals surface area contributed by atoms with Crippen molar-refractivity contribution in [3.63, 3.8) is 0 Å². The molecule has 0 bridgehead atoms. The largest absolute Gasteiger partial charge is 0.508 e. The number of nitrogens with zero attached hydrogens (tertiary/aromatic N) is 2. The van der Waals surface area contributed by atoms with Crippen molar-refractivity contribution in [3.8, 4) is 22.9 Å². The average Bonchev–Trinajstić information content (AvgIpc) is 2.32. The summed E-state index contributed by atoms with van der Waals surface area (Å²) in [5.74, 6) is 0.104. The lowest BCUT2D eigenvalue weighted by molar-refractivity contribution is 0.475. The van der Waals surface area contributed by atoms with Crippen LogP contribution in [-0.4, -0.2) is 9.67 Å². The maximum Gasteiger partial charge on any atom is 0.268 e. The number of aromatic hydroxyl groups is 1. The van der Waals surface area contributed by atoms with E-state index >= 15 is 0 Å². The number of aromatic nitrogens is 1. The number of aryl methyl sites for hydroxylation is 1. The first kappa shape index (κ1) is 11.0. The maximum absolute atomic E-state index is 11.8. The summed E-state index contributed by atoms with van der Waals surface area (Å²) in [6.07, 6.45) is 1.60. The molecule has 0 aliphatic rings. The topological polar surface area (TPSA) is 66.0 Å². The van der Waals surface area contributed by atoms with E-state index in [4.69, 9.17) is 5.26 Å².